The molecule has 0 saturated carbocycles. The molecule has 0 fully saturated rings. The molecule has 144 valence electrons. The highest BCUT2D eigenvalue weighted by molar-refractivity contribution is 7.71. The highest BCUT2D eigenvalue weighted by Crippen LogP contribution is 2.29. The largest absolute Gasteiger partial charge is 0.507 e. The number of H-pyrrole nitrogens is 1. The summed E-state index contributed by atoms with van der Waals surface area (Å²) in [6, 6.07) is 7.99. The number of rotatable bonds is 6. The molecule has 2 N–H and O–H groups in total. The number of aliphatic hydroxyl groups excluding tert-OH is 1. The lowest BCUT2D eigenvalue weighted by molar-refractivity contribution is 0.437. The van der Waals surface area contributed by atoms with Gasteiger partial charge in [0, 0.05) is 25.7 Å². The first kappa shape index (κ1) is 19.4. The smallest absolute Gasteiger partial charge is 0.200 e. The van der Waals surface area contributed by atoms with Crippen LogP contribution in [-0.2, 0) is 0 Å². The number of nitrogens with zero attached hydrogens (tertiary/aromatic N) is 4. The Bertz CT molecular complexity index is 1170. The molecule has 28 heavy (non-hydrogen) atoms. The zero-order chi connectivity index (χ0) is 20.4. The molecule has 0 saturated heterocycles. The minimum absolute atomic E-state index is 0.0680. The van der Waals surface area contributed by atoms with Gasteiger partial charge in [0.1, 0.15) is 11.6 Å². The number of allylic oxidation sites excluding steroid dienone is 4. The number of hydrogen-bond donors (Lipinski definition) is 2. The van der Waals surface area contributed by atoms with Crippen LogP contribution in [0.1, 0.15) is 12.7 Å². The zero-order valence-corrected chi connectivity index (χ0v) is 17.0. The van der Waals surface area contributed by atoms with Crippen molar-refractivity contribution in [2.75, 3.05) is 14.1 Å². The monoisotopic (exact) mass is 393 g/mol. The molecule has 6 nitrogen and oxygen atoms in total. The highest BCUT2D eigenvalue weighted by atomic mass is 32.1. The number of fused-ring (bicyclic) bond motifs is 1. The van der Waals surface area contributed by atoms with Crippen LogP contribution in [-0.4, -0.2) is 43.4 Å². The third kappa shape index (κ3) is 3.20. The van der Waals surface area contributed by atoms with Gasteiger partial charge in [-0.15, -0.1) is 0 Å². The van der Waals surface area contributed by atoms with Crippen LogP contribution in [0.3, 0.4) is 0 Å². The summed E-state index contributed by atoms with van der Waals surface area (Å²) in [6.07, 6.45) is 6.81. The Kier molecular flexibility index (Phi) is 5.37. The van der Waals surface area contributed by atoms with Crippen LogP contribution in [0.15, 0.2) is 67.6 Å². The Morgan fingerprint density at radius 2 is 2.07 bits per heavy atom. The number of nitrogens with one attached hydrogen (secondary N) is 1. The maximum atomic E-state index is 10.4. The van der Waals surface area contributed by atoms with E-state index in [1.807, 2.05) is 65.5 Å². The topological polar surface area (TPSA) is 62.0 Å². The van der Waals surface area contributed by atoms with E-state index in [0.29, 0.717) is 16.2 Å². The normalized spacial score (nSPS) is 12.4. The number of aliphatic hydroxyl groups is 1. The average molecular weight is 394 g/mol. The standard InChI is InChI=1S/C21H23N5OS/c1-6-9-19(27)15(7-2)20-22-23-21(28)26(20)18-11-8-10-17-16(18)12-13-25(17)14(3)24(4)5/h6-13,27H,1,3H2,2,4-5H3,(H,23,28)/b15-7+,19-9+. The van der Waals surface area contributed by atoms with E-state index in [2.05, 4.69) is 23.4 Å². The second-order valence-corrected chi connectivity index (χ2v) is 6.77. The molecule has 2 heterocycles. The molecule has 0 aliphatic heterocycles. The molecule has 0 radical (unpaired) electrons. The number of benzene rings is 1. The van der Waals surface area contributed by atoms with Crippen LogP contribution in [0.4, 0.5) is 0 Å². The second-order valence-electron chi connectivity index (χ2n) is 6.38. The summed E-state index contributed by atoms with van der Waals surface area (Å²) in [4.78, 5) is 1.96. The lowest BCUT2D eigenvalue weighted by Crippen LogP contribution is -2.13. The second kappa shape index (κ2) is 7.74. The van der Waals surface area contributed by atoms with Crippen molar-refractivity contribution >= 4 is 34.5 Å². The summed E-state index contributed by atoms with van der Waals surface area (Å²) in [6.45, 7) is 9.62. The van der Waals surface area contributed by atoms with Gasteiger partial charge < -0.3 is 14.6 Å². The van der Waals surface area contributed by atoms with Gasteiger partial charge in [-0.05, 0) is 43.4 Å². The lowest BCUT2D eigenvalue weighted by Gasteiger charge is -2.18. The van der Waals surface area contributed by atoms with Crippen LogP contribution in [0.2, 0.25) is 0 Å². The maximum absolute atomic E-state index is 10.4. The van der Waals surface area contributed by atoms with E-state index in [9.17, 15) is 5.11 Å². The highest BCUT2D eigenvalue weighted by Gasteiger charge is 2.18. The molecule has 0 aliphatic rings. The maximum Gasteiger partial charge on any atom is 0.200 e. The fourth-order valence-electron chi connectivity index (χ4n) is 3.08. The Balaban J connectivity index is 2.27. The zero-order valence-electron chi connectivity index (χ0n) is 16.2. The van der Waals surface area contributed by atoms with Crippen molar-refractivity contribution in [2.24, 2.45) is 0 Å². The van der Waals surface area contributed by atoms with E-state index in [0.717, 1.165) is 22.4 Å². The Hall–Kier alpha value is -3.32. The minimum atomic E-state index is 0.0680. The molecule has 0 bridgehead atoms. The van der Waals surface area contributed by atoms with Crippen LogP contribution in [0.25, 0.3) is 28.0 Å². The van der Waals surface area contributed by atoms with E-state index in [1.165, 1.54) is 12.2 Å². The predicted molar refractivity (Wildman–Crippen MR) is 118 cm³/mol. The first-order chi connectivity index (χ1) is 13.4. The molecular weight excluding hydrogens is 370 g/mol. The molecule has 3 rings (SSSR count). The number of aromatic amines is 1. The van der Waals surface area contributed by atoms with Crippen molar-refractivity contribution < 1.29 is 5.11 Å². The van der Waals surface area contributed by atoms with Crippen molar-refractivity contribution in [3.63, 3.8) is 0 Å². The van der Waals surface area contributed by atoms with Gasteiger partial charge >= 0.3 is 0 Å². The first-order valence-corrected chi connectivity index (χ1v) is 9.14. The summed E-state index contributed by atoms with van der Waals surface area (Å²) in [5, 5.41) is 18.6. The average Bonchev–Trinajstić information content (AvgIpc) is 3.26. The van der Waals surface area contributed by atoms with Gasteiger partial charge in [-0.3, -0.25) is 9.67 Å². The molecule has 0 unspecified atom stereocenters. The number of aromatic nitrogens is 4. The Morgan fingerprint density at radius 1 is 1.32 bits per heavy atom. The van der Waals surface area contributed by atoms with Gasteiger partial charge in [-0.25, -0.2) is 0 Å². The van der Waals surface area contributed by atoms with E-state index < -0.39 is 0 Å². The van der Waals surface area contributed by atoms with Crippen molar-refractivity contribution in [2.45, 2.75) is 6.92 Å². The van der Waals surface area contributed by atoms with Gasteiger partial charge in [-0.1, -0.05) is 31.4 Å². The van der Waals surface area contributed by atoms with Gasteiger partial charge in [0.25, 0.3) is 0 Å². The third-order valence-electron chi connectivity index (χ3n) is 4.50. The summed E-state index contributed by atoms with van der Waals surface area (Å²) in [7, 11) is 3.91. The fraction of sp³-hybridized carbons (Fsp3) is 0.143. The van der Waals surface area contributed by atoms with E-state index in [4.69, 9.17) is 12.2 Å². The molecule has 0 spiro atoms. The summed E-state index contributed by atoms with van der Waals surface area (Å²) in [5.74, 6) is 1.44. The quantitative estimate of drug-likeness (QED) is 0.355. The van der Waals surface area contributed by atoms with Crippen LogP contribution in [0.5, 0.6) is 0 Å². The van der Waals surface area contributed by atoms with Gasteiger partial charge in [-0.2, -0.15) is 5.10 Å². The molecule has 3 aromatic rings. The minimum Gasteiger partial charge on any atom is -0.507 e. The van der Waals surface area contributed by atoms with Crippen molar-refractivity contribution in [1.29, 1.82) is 0 Å². The molecule has 7 heteroatoms. The SMILES string of the molecule is C=C/C=C(O)\C(=C/C)c1n[nH]c(=S)n1-c1cccc2c1ccn2C(=C)N(C)C. The van der Waals surface area contributed by atoms with Crippen LogP contribution < -0.4 is 0 Å². The molecule has 0 aliphatic carbocycles. The van der Waals surface area contributed by atoms with Crippen molar-refractivity contribution in [3.8, 4) is 5.69 Å². The fourth-order valence-corrected chi connectivity index (χ4v) is 3.31. The van der Waals surface area contributed by atoms with E-state index in [-0.39, 0.29) is 5.76 Å². The molecule has 0 amide bonds. The molecule has 2 aromatic heterocycles. The van der Waals surface area contributed by atoms with E-state index >= 15 is 0 Å². The van der Waals surface area contributed by atoms with Gasteiger partial charge in [0.05, 0.1) is 16.8 Å². The van der Waals surface area contributed by atoms with E-state index in [1.54, 1.807) is 6.08 Å². The summed E-state index contributed by atoms with van der Waals surface area (Å²) < 4.78 is 4.28. The van der Waals surface area contributed by atoms with Crippen LogP contribution >= 0.6 is 12.2 Å². The molecule has 0 atom stereocenters. The lowest BCUT2D eigenvalue weighted by atomic mass is 10.1. The number of hydrogen-bond acceptors (Lipinski definition) is 4. The predicted octanol–water partition coefficient (Wildman–Crippen LogP) is 4.91. The first-order valence-electron chi connectivity index (χ1n) is 8.74. The van der Waals surface area contributed by atoms with Gasteiger partial charge in [0.15, 0.2) is 10.6 Å². The Labute approximate surface area is 169 Å². The summed E-state index contributed by atoms with van der Waals surface area (Å²) in [5.41, 5.74) is 2.42. The van der Waals surface area contributed by atoms with Crippen molar-refractivity contribution in [1.82, 2.24) is 24.2 Å². The summed E-state index contributed by atoms with van der Waals surface area (Å²) >= 11 is 5.50. The van der Waals surface area contributed by atoms with Gasteiger partial charge in [0.2, 0.25) is 0 Å². The molecule has 1 aromatic carbocycles. The molecular formula is C21H23N5OS. The van der Waals surface area contributed by atoms with Crippen LogP contribution in [0, 0.1) is 4.77 Å². The Morgan fingerprint density at radius 3 is 2.71 bits per heavy atom. The third-order valence-corrected chi connectivity index (χ3v) is 4.77. The van der Waals surface area contributed by atoms with Crippen molar-refractivity contribution in [3.05, 3.63) is 78.2 Å².